The summed E-state index contributed by atoms with van der Waals surface area (Å²) in [6.07, 6.45) is 6.55. The van der Waals surface area contributed by atoms with Crippen molar-refractivity contribution in [3.05, 3.63) is 42.0 Å². The minimum atomic E-state index is -0.463. The lowest BCUT2D eigenvalue weighted by atomic mass is 9.94. The van der Waals surface area contributed by atoms with Gasteiger partial charge in [0, 0.05) is 19.5 Å². The predicted octanol–water partition coefficient (Wildman–Crippen LogP) is 2.67. The van der Waals surface area contributed by atoms with Crippen molar-refractivity contribution >= 4 is 11.8 Å². The number of hydrogen-bond acceptors (Lipinski definition) is 3. The molecule has 1 aromatic carbocycles. The van der Waals surface area contributed by atoms with Crippen LogP contribution in [0.4, 0.5) is 0 Å². The lowest BCUT2D eigenvalue weighted by molar-refractivity contribution is -0.159. The normalized spacial score (nSPS) is 18.9. The Morgan fingerprint density at radius 2 is 1.83 bits per heavy atom. The summed E-state index contributed by atoms with van der Waals surface area (Å²) in [5.74, 6) is 0.829. The number of rotatable bonds is 5. The topological polar surface area (TPSA) is 49.9 Å². The molecule has 2 amide bonds. The highest BCUT2D eigenvalue weighted by Crippen LogP contribution is 2.50. The van der Waals surface area contributed by atoms with Gasteiger partial charge < -0.3 is 4.74 Å². The van der Waals surface area contributed by atoms with Crippen molar-refractivity contribution in [2.75, 3.05) is 20.2 Å². The van der Waals surface area contributed by atoms with Crippen molar-refractivity contribution < 1.29 is 14.3 Å². The molecule has 0 atom stereocenters. The molecular formula is C19H24N2O3. The van der Waals surface area contributed by atoms with Gasteiger partial charge in [0.15, 0.2) is 0 Å². The third-order valence-corrected chi connectivity index (χ3v) is 4.88. The number of hydrogen-bond donors (Lipinski definition) is 0. The molecule has 1 aliphatic heterocycles. The van der Waals surface area contributed by atoms with Crippen molar-refractivity contribution in [1.82, 2.24) is 10.0 Å². The third kappa shape index (κ3) is 2.90. The van der Waals surface area contributed by atoms with E-state index in [-0.39, 0.29) is 11.8 Å². The maximum absolute atomic E-state index is 13.2. The molecular weight excluding hydrogens is 304 g/mol. The van der Waals surface area contributed by atoms with Crippen LogP contribution in [0.25, 0.3) is 0 Å². The minimum absolute atomic E-state index is 0.00974. The van der Waals surface area contributed by atoms with E-state index < -0.39 is 5.41 Å². The molecule has 0 N–H and O–H groups in total. The molecule has 0 bridgehead atoms. The van der Waals surface area contributed by atoms with Gasteiger partial charge in [-0.3, -0.25) is 19.6 Å². The standard InChI is InChI=1S/C19H24N2O3/c1-3-4-6-17(22)20-13-5-14-21(20)18(23)19(11-12-19)15-7-9-16(24-2)10-8-15/h3-4,7-10H,5-6,11-14H2,1-2H3/b4-3+. The first-order valence-corrected chi connectivity index (χ1v) is 8.50. The number of hydrazine groups is 1. The molecule has 3 rings (SSSR count). The van der Waals surface area contributed by atoms with Crippen LogP contribution in [-0.4, -0.2) is 42.0 Å². The molecule has 24 heavy (non-hydrogen) atoms. The number of ether oxygens (including phenoxy) is 1. The molecule has 1 aromatic rings. The van der Waals surface area contributed by atoms with Gasteiger partial charge in [0.25, 0.3) is 5.91 Å². The van der Waals surface area contributed by atoms with Crippen LogP contribution in [0.1, 0.15) is 38.2 Å². The predicted molar refractivity (Wildman–Crippen MR) is 91.4 cm³/mol. The summed E-state index contributed by atoms with van der Waals surface area (Å²) in [5, 5.41) is 3.30. The highest BCUT2D eigenvalue weighted by molar-refractivity contribution is 5.93. The van der Waals surface area contributed by atoms with Crippen molar-refractivity contribution in [1.29, 1.82) is 0 Å². The summed E-state index contributed by atoms with van der Waals surface area (Å²) in [4.78, 5) is 25.5. The number of methoxy groups -OCH3 is 1. The summed E-state index contributed by atoms with van der Waals surface area (Å²) in [7, 11) is 1.63. The quantitative estimate of drug-likeness (QED) is 0.781. The number of benzene rings is 1. The zero-order chi connectivity index (χ0) is 17.2. The highest BCUT2D eigenvalue weighted by Gasteiger charge is 2.54. The Labute approximate surface area is 142 Å². The Kier molecular flexibility index (Phi) is 4.60. The molecule has 2 fully saturated rings. The monoisotopic (exact) mass is 328 g/mol. The van der Waals surface area contributed by atoms with Gasteiger partial charge in [-0.2, -0.15) is 0 Å². The molecule has 1 saturated heterocycles. The van der Waals surface area contributed by atoms with Gasteiger partial charge in [-0.05, 0) is 43.9 Å². The summed E-state index contributed by atoms with van der Waals surface area (Å²) in [6.45, 7) is 3.14. The SMILES string of the molecule is C/C=C/CC(=O)N1CCCN1C(=O)C1(c2ccc(OC)cc2)CC1. The number of allylic oxidation sites excluding steroid dienone is 1. The van der Waals surface area contributed by atoms with Crippen LogP contribution in [-0.2, 0) is 15.0 Å². The van der Waals surface area contributed by atoms with Gasteiger partial charge in [0.2, 0.25) is 5.91 Å². The maximum atomic E-state index is 13.2. The smallest absolute Gasteiger partial charge is 0.251 e. The molecule has 2 aliphatic rings. The van der Waals surface area contributed by atoms with Crippen LogP contribution in [0.2, 0.25) is 0 Å². The second kappa shape index (κ2) is 6.67. The molecule has 5 heteroatoms. The van der Waals surface area contributed by atoms with E-state index in [0.29, 0.717) is 19.5 Å². The number of carbonyl (C=O) groups excluding carboxylic acids is 2. The van der Waals surface area contributed by atoms with Crippen LogP contribution in [0.15, 0.2) is 36.4 Å². The highest BCUT2D eigenvalue weighted by atomic mass is 16.5. The maximum Gasteiger partial charge on any atom is 0.251 e. The minimum Gasteiger partial charge on any atom is -0.497 e. The molecule has 1 heterocycles. The summed E-state index contributed by atoms with van der Waals surface area (Å²) in [5.41, 5.74) is 0.552. The second-order valence-corrected chi connectivity index (χ2v) is 6.38. The zero-order valence-corrected chi connectivity index (χ0v) is 14.3. The van der Waals surface area contributed by atoms with Gasteiger partial charge in [-0.1, -0.05) is 24.3 Å². The van der Waals surface area contributed by atoms with Gasteiger partial charge in [-0.25, -0.2) is 0 Å². The largest absolute Gasteiger partial charge is 0.497 e. The van der Waals surface area contributed by atoms with E-state index in [0.717, 1.165) is 30.6 Å². The average molecular weight is 328 g/mol. The van der Waals surface area contributed by atoms with Gasteiger partial charge in [0.1, 0.15) is 5.75 Å². The van der Waals surface area contributed by atoms with Crippen LogP contribution in [0, 0.1) is 0 Å². The van der Waals surface area contributed by atoms with Gasteiger partial charge >= 0.3 is 0 Å². The van der Waals surface area contributed by atoms with E-state index in [4.69, 9.17) is 4.74 Å². The fourth-order valence-corrected chi connectivity index (χ4v) is 3.31. The Balaban J connectivity index is 1.78. The fraction of sp³-hybridized carbons (Fsp3) is 0.474. The molecule has 0 radical (unpaired) electrons. The first-order valence-electron chi connectivity index (χ1n) is 8.50. The van der Waals surface area contributed by atoms with Gasteiger partial charge in [0.05, 0.1) is 12.5 Å². The van der Waals surface area contributed by atoms with E-state index in [1.165, 1.54) is 0 Å². The third-order valence-electron chi connectivity index (χ3n) is 4.88. The van der Waals surface area contributed by atoms with E-state index in [9.17, 15) is 9.59 Å². The Hall–Kier alpha value is -2.30. The van der Waals surface area contributed by atoms with Crippen LogP contribution in [0.5, 0.6) is 5.75 Å². The first kappa shape index (κ1) is 16.6. The number of amides is 2. The van der Waals surface area contributed by atoms with Crippen molar-refractivity contribution in [3.8, 4) is 5.75 Å². The van der Waals surface area contributed by atoms with E-state index in [2.05, 4.69) is 0 Å². The molecule has 0 aromatic heterocycles. The number of carbonyl (C=O) groups is 2. The fourth-order valence-electron chi connectivity index (χ4n) is 3.31. The van der Waals surface area contributed by atoms with E-state index in [1.807, 2.05) is 43.3 Å². The summed E-state index contributed by atoms with van der Waals surface area (Å²) >= 11 is 0. The van der Waals surface area contributed by atoms with Crippen molar-refractivity contribution in [2.24, 2.45) is 0 Å². The van der Waals surface area contributed by atoms with E-state index in [1.54, 1.807) is 17.1 Å². The first-order chi connectivity index (χ1) is 11.6. The molecule has 1 saturated carbocycles. The van der Waals surface area contributed by atoms with Gasteiger partial charge in [-0.15, -0.1) is 0 Å². The van der Waals surface area contributed by atoms with Crippen LogP contribution >= 0.6 is 0 Å². The lowest BCUT2D eigenvalue weighted by Gasteiger charge is -2.31. The lowest BCUT2D eigenvalue weighted by Crippen LogP contribution is -2.48. The van der Waals surface area contributed by atoms with Crippen molar-refractivity contribution in [2.45, 2.75) is 38.0 Å². The summed E-state index contributed by atoms with van der Waals surface area (Å²) < 4.78 is 5.19. The molecule has 0 unspecified atom stereocenters. The number of nitrogens with zero attached hydrogens (tertiary/aromatic N) is 2. The molecule has 5 nitrogen and oxygen atoms in total. The van der Waals surface area contributed by atoms with Crippen molar-refractivity contribution in [3.63, 3.8) is 0 Å². The van der Waals surface area contributed by atoms with Crippen LogP contribution in [0.3, 0.4) is 0 Å². The Morgan fingerprint density at radius 3 is 2.42 bits per heavy atom. The molecule has 128 valence electrons. The summed E-state index contributed by atoms with van der Waals surface area (Å²) in [6, 6.07) is 7.71. The average Bonchev–Trinajstić information content (AvgIpc) is 3.28. The van der Waals surface area contributed by atoms with Crippen LogP contribution < -0.4 is 4.74 Å². The zero-order valence-electron chi connectivity index (χ0n) is 14.3. The molecule has 1 aliphatic carbocycles. The Bertz CT molecular complexity index is 647. The second-order valence-electron chi connectivity index (χ2n) is 6.38. The molecule has 0 spiro atoms. The Morgan fingerprint density at radius 1 is 1.17 bits per heavy atom. The van der Waals surface area contributed by atoms with E-state index >= 15 is 0 Å².